The van der Waals surface area contributed by atoms with Gasteiger partial charge in [0.05, 0.1) is 30.6 Å². The van der Waals surface area contributed by atoms with Gasteiger partial charge < -0.3 is 19.7 Å². The van der Waals surface area contributed by atoms with E-state index >= 15 is 0 Å². The monoisotopic (exact) mass is 505 g/mol. The van der Waals surface area contributed by atoms with Crippen LogP contribution in [0.25, 0.3) is 0 Å². The maximum atomic E-state index is 13.2. The summed E-state index contributed by atoms with van der Waals surface area (Å²) in [6.07, 6.45) is 4.00. The molecule has 0 aliphatic carbocycles. The maximum Gasteiger partial charge on any atom is 0.257 e. The number of fused-ring (bicyclic) bond motifs is 5. The molecule has 37 heavy (non-hydrogen) atoms. The van der Waals surface area contributed by atoms with Gasteiger partial charge in [-0.1, -0.05) is 17.3 Å². The van der Waals surface area contributed by atoms with E-state index in [1.54, 1.807) is 36.3 Å². The van der Waals surface area contributed by atoms with Crippen LogP contribution in [0.3, 0.4) is 0 Å². The summed E-state index contributed by atoms with van der Waals surface area (Å²) >= 11 is 0. The summed E-state index contributed by atoms with van der Waals surface area (Å²) in [4.78, 5) is 34.4. The van der Waals surface area contributed by atoms with Crippen molar-refractivity contribution in [3.05, 3.63) is 65.7 Å². The lowest BCUT2D eigenvalue weighted by Gasteiger charge is -2.21. The number of amides is 2. The Labute approximate surface area is 215 Å². The van der Waals surface area contributed by atoms with E-state index in [1.807, 2.05) is 29.1 Å². The summed E-state index contributed by atoms with van der Waals surface area (Å²) in [6, 6.07) is 11.1. The van der Waals surface area contributed by atoms with Crippen LogP contribution in [0.2, 0.25) is 0 Å². The minimum Gasteiger partial charge on any atom is -0.493 e. The molecule has 1 N–H and O–H groups in total. The fraction of sp³-hybridized carbons (Fsp3) is 0.423. The number of carbonyl (C=O) groups is 2. The number of hydrogen-bond donors (Lipinski definition) is 1. The van der Waals surface area contributed by atoms with Gasteiger partial charge in [0.2, 0.25) is 5.91 Å². The van der Waals surface area contributed by atoms with Crippen LogP contribution in [0, 0.1) is 5.92 Å². The van der Waals surface area contributed by atoms with Gasteiger partial charge in [0.15, 0.2) is 11.5 Å². The number of ether oxygens (including phenoxy) is 2. The molecule has 194 valence electrons. The van der Waals surface area contributed by atoms with Gasteiger partial charge in [0.1, 0.15) is 12.3 Å². The fourth-order valence-electron chi connectivity index (χ4n) is 4.95. The molecule has 0 spiro atoms. The van der Waals surface area contributed by atoms with Gasteiger partial charge in [-0.05, 0) is 24.3 Å². The van der Waals surface area contributed by atoms with E-state index in [2.05, 4.69) is 25.5 Å². The van der Waals surface area contributed by atoms with Crippen molar-refractivity contribution in [1.29, 1.82) is 0 Å². The number of nitrogens with one attached hydrogen (secondary N) is 1. The molecule has 0 radical (unpaired) electrons. The third-order valence-corrected chi connectivity index (χ3v) is 6.85. The van der Waals surface area contributed by atoms with Gasteiger partial charge in [-0.15, -0.1) is 5.10 Å². The largest absolute Gasteiger partial charge is 0.493 e. The highest BCUT2D eigenvalue weighted by Crippen LogP contribution is 2.34. The molecule has 5 rings (SSSR count). The molecule has 4 heterocycles. The van der Waals surface area contributed by atoms with E-state index in [-0.39, 0.29) is 30.4 Å². The van der Waals surface area contributed by atoms with E-state index in [0.717, 1.165) is 18.8 Å². The second-order valence-corrected chi connectivity index (χ2v) is 9.44. The zero-order chi connectivity index (χ0) is 25.8. The van der Waals surface area contributed by atoms with Crippen molar-refractivity contribution >= 4 is 11.8 Å². The van der Waals surface area contributed by atoms with Crippen LogP contribution in [0.5, 0.6) is 11.5 Å². The number of hydrogen-bond acceptors (Lipinski definition) is 8. The van der Waals surface area contributed by atoms with E-state index in [4.69, 9.17) is 9.47 Å². The molecule has 2 bridgehead atoms. The van der Waals surface area contributed by atoms with Gasteiger partial charge in [0, 0.05) is 58.3 Å². The number of aromatic nitrogens is 4. The van der Waals surface area contributed by atoms with Crippen molar-refractivity contribution < 1.29 is 19.1 Å². The van der Waals surface area contributed by atoms with Crippen LogP contribution in [-0.4, -0.2) is 81.9 Å². The first kappa shape index (κ1) is 24.7. The highest BCUT2D eigenvalue weighted by atomic mass is 16.5. The maximum absolute atomic E-state index is 13.2. The summed E-state index contributed by atoms with van der Waals surface area (Å²) in [6.45, 7) is 3.01. The van der Waals surface area contributed by atoms with Gasteiger partial charge in [-0.3, -0.25) is 19.5 Å². The summed E-state index contributed by atoms with van der Waals surface area (Å²) < 4.78 is 13.4. The number of benzene rings is 1. The Hall–Kier alpha value is -3.99. The predicted octanol–water partition coefficient (Wildman–Crippen LogP) is 1.53. The minimum atomic E-state index is -0.222. The molecule has 2 aliphatic rings. The summed E-state index contributed by atoms with van der Waals surface area (Å²) in [5.41, 5.74) is 1.99. The standard InChI is InChI=1S/C26H31N7O4/c1-31-11-10-28-24(34)12-18-13-32(14-19-6-3-4-9-27-19)16-22(18)33-15-20(29-30-33)17-37-25-21(26(31)35)7-5-8-23(25)36-2/h3-9,15,18,22H,10-14,16-17H2,1-2H3,(H,28,34)/t18-,22+/m0/s1. The molecule has 3 aromatic rings. The lowest BCUT2D eigenvalue weighted by Crippen LogP contribution is -2.37. The van der Waals surface area contributed by atoms with Crippen molar-refractivity contribution in [2.75, 3.05) is 40.3 Å². The summed E-state index contributed by atoms with van der Waals surface area (Å²) in [5, 5.41) is 11.7. The highest BCUT2D eigenvalue weighted by molar-refractivity contribution is 5.97. The van der Waals surface area contributed by atoms with E-state index < -0.39 is 0 Å². The lowest BCUT2D eigenvalue weighted by atomic mass is 9.99. The average molecular weight is 506 g/mol. The van der Waals surface area contributed by atoms with Gasteiger partial charge >= 0.3 is 0 Å². The van der Waals surface area contributed by atoms with Crippen LogP contribution in [0.15, 0.2) is 48.8 Å². The zero-order valence-corrected chi connectivity index (χ0v) is 21.0. The number of likely N-dealkylation sites (tertiary alicyclic amines) is 1. The molecule has 2 aliphatic heterocycles. The van der Waals surface area contributed by atoms with Crippen molar-refractivity contribution in [3.63, 3.8) is 0 Å². The summed E-state index contributed by atoms with van der Waals surface area (Å²) in [5.74, 6) is 0.593. The molecule has 2 amide bonds. The molecule has 1 fully saturated rings. The molecular weight excluding hydrogens is 474 g/mol. The number of carbonyl (C=O) groups excluding carboxylic acids is 2. The van der Waals surface area contributed by atoms with Crippen LogP contribution < -0.4 is 14.8 Å². The van der Waals surface area contributed by atoms with E-state index in [9.17, 15) is 9.59 Å². The molecule has 2 aromatic heterocycles. The summed E-state index contributed by atoms with van der Waals surface area (Å²) in [7, 11) is 3.24. The number of para-hydroxylation sites is 1. The highest BCUT2D eigenvalue weighted by Gasteiger charge is 2.36. The first-order valence-corrected chi connectivity index (χ1v) is 12.4. The first-order valence-electron chi connectivity index (χ1n) is 12.4. The Bertz CT molecular complexity index is 1250. The second-order valence-electron chi connectivity index (χ2n) is 9.44. The molecular formula is C26H31N7O4. The third kappa shape index (κ3) is 5.56. The van der Waals surface area contributed by atoms with Crippen molar-refractivity contribution in [2.24, 2.45) is 5.92 Å². The number of nitrogens with zero attached hydrogens (tertiary/aromatic N) is 6. The predicted molar refractivity (Wildman–Crippen MR) is 134 cm³/mol. The molecule has 0 saturated carbocycles. The molecule has 1 aromatic carbocycles. The van der Waals surface area contributed by atoms with Crippen LogP contribution >= 0.6 is 0 Å². The SMILES string of the molecule is COc1cccc2c1OCc1cn(nn1)[C@@H]1CN(Cc3ccccn3)C[C@@H]1CC(=O)NCCN(C)C2=O. The fourth-order valence-corrected chi connectivity index (χ4v) is 4.95. The number of pyridine rings is 1. The molecule has 2 atom stereocenters. The smallest absolute Gasteiger partial charge is 0.257 e. The number of rotatable bonds is 3. The average Bonchev–Trinajstić information content (AvgIpc) is 3.53. The van der Waals surface area contributed by atoms with Crippen LogP contribution in [0.4, 0.5) is 0 Å². The molecule has 11 heteroatoms. The van der Waals surface area contributed by atoms with E-state index in [1.165, 1.54) is 7.11 Å². The molecule has 11 nitrogen and oxygen atoms in total. The van der Waals surface area contributed by atoms with Crippen molar-refractivity contribution in [3.8, 4) is 11.5 Å². The van der Waals surface area contributed by atoms with Gasteiger partial charge in [-0.2, -0.15) is 0 Å². The second kappa shape index (κ2) is 11.0. The Morgan fingerprint density at radius 1 is 1.16 bits per heavy atom. The molecule has 0 unspecified atom stereocenters. The normalized spacial score (nSPS) is 21.1. The van der Waals surface area contributed by atoms with E-state index in [0.29, 0.717) is 48.8 Å². The lowest BCUT2D eigenvalue weighted by molar-refractivity contribution is -0.122. The third-order valence-electron chi connectivity index (χ3n) is 6.85. The Balaban J connectivity index is 1.42. The quantitative estimate of drug-likeness (QED) is 0.570. The minimum absolute atomic E-state index is 0.0188. The Morgan fingerprint density at radius 3 is 2.86 bits per heavy atom. The molecule has 1 saturated heterocycles. The van der Waals surface area contributed by atoms with Crippen LogP contribution in [0.1, 0.15) is 34.2 Å². The first-order chi connectivity index (χ1) is 18.0. The topological polar surface area (TPSA) is 115 Å². The number of likely N-dealkylation sites (N-methyl/N-ethyl adjacent to an activating group) is 1. The van der Waals surface area contributed by atoms with Crippen molar-refractivity contribution in [1.82, 2.24) is 35.1 Å². The van der Waals surface area contributed by atoms with Gasteiger partial charge in [0.25, 0.3) is 5.91 Å². The zero-order valence-electron chi connectivity index (χ0n) is 21.0. The van der Waals surface area contributed by atoms with Gasteiger partial charge in [-0.25, -0.2) is 4.68 Å². The Morgan fingerprint density at radius 2 is 2.05 bits per heavy atom. The van der Waals surface area contributed by atoms with Crippen molar-refractivity contribution in [2.45, 2.75) is 25.6 Å². The Kier molecular flexibility index (Phi) is 7.31. The number of methoxy groups -OCH3 is 1. The van der Waals surface area contributed by atoms with Crippen LogP contribution in [-0.2, 0) is 17.9 Å².